The number of anilines is 1. The second-order valence-electron chi connectivity index (χ2n) is 13.3. The minimum absolute atomic E-state index is 0.0100. The molecule has 1 aliphatic heterocycles. The third kappa shape index (κ3) is 11.2. The average Bonchev–Trinajstić information content (AvgIpc) is 3.21. The topological polar surface area (TPSA) is 154 Å². The second-order valence-corrected chi connectivity index (χ2v) is 14.9. The first-order valence-electron chi connectivity index (χ1n) is 18.0. The molecule has 6 N–H and O–H groups in total. The zero-order valence-corrected chi connectivity index (χ0v) is 33.0. The van der Waals surface area contributed by atoms with Gasteiger partial charge in [0.1, 0.15) is 22.1 Å². The fraction of sp³-hybridized carbons (Fsp3) is 0.262. The number of aryl methyl sites for hydroxylation is 1. The van der Waals surface area contributed by atoms with E-state index in [0.29, 0.717) is 28.5 Å². The number of piperidine rings is 1. The van der Waals surface area contributed by atoms with Crippen molar-refractivity contribution in [1.82, 2.24) is 10.4 Å². The van der Waals surface area contributed by atoms with Crippen molar-refractivity contribution in [1.29, 1.82) is 0 Å². The number of hydrogen-bond donors (Lipinski definition) is 4. The van der Waals surface area contributed by atoms with Crippen LogP contribution in [0.1, 0.15) is 46.6 Å². The lowest BCUT2D eigenvalue weighted by molar-refractivity contribution is -0.139. The van der Waals surface area contributed by atoms with Crippen LogP contribution in [0, 0.1) is 6.92 Å². The maximum atomic E-state index is 14.6. The van der Waals surface area contributed by atoms with Gasteiger partial charge in [-0.1, -0.05) is 60.2 Å². The summed E-state index contributed by atoms with van der Waals surface area (Å²) in [7, 11) is -0.302. The van der Waals surface area contributed by atoms with Crippen LogP contribution >= 0.6 is 0 Å². The number of halogens is 3. The Hall–Kier alpha value is -5.77. The smallest absolute Gasteiger partial charge is 0.417 e. The van der Waals surface area contributed by atoms with Crippen LogP contribution in [0.4, 0.5) is 18.9 Å². The summed E-state index contributed by atoms with van der Waals surface area (Å²) in [4.78, 5) is -1.08. The third-order valence-corrected chi connectivity index (χ3v) is 10.8. The van der Waals surface area contributed by atoms with E-state index in [1.165, 1.54) is 50.1 Å². The monoisotopic (exact) mass is 804 g/mol. The van der Waals surface area contributed by atoms with Crippen molar-refractivity contribution in [3.8, 4) is 28.4 Å². The Morgan fingerprint density at radius 2 is 1.33 bits per heavy atom. The summed E-state index contributed by atoms with van der Waals surface area (Å²) < 4.78 is 89.4. The van der Waals surface area contributed by atoms with Gasteiger partial charge in [0, 0.05) is 11.3 Å². The molecule has 0 radical (unpaired) electrons. The molecule has 0 spiro atoms. The minimum atomic E-state index is -5.07. The SMILES string of the molecule is COc1ccc(C)cc1.COc1ccc(CN(N)/N=C(\N)c2c(-c3ccc(C4CCNCC4)cc3)ccc(C(F)(F)F)c2S(=O)(=O)Nc2ccc(OC)cc2)cc1. The highest BCUT2D eigenvalue weighted by atomic mass is 32.2. The lowest BCUT2D eigenvalue weighted by atomic mass is 9.88. The molecule has 11 nitrogen and oxygen atoms in total. The van der Waals surface area contributed by atoms with Crippen LogP contribution in [-0.4, -0.2) is 53.8 Å². The van der Waals surface area contributed by atoms with Crippen LogP contribution in [0.3, 0.4) is 0 Å². The molecule has 0 atom stereocenters. The molecule has 0 aromatic heterocycles. The van der Waals surface area contributed by atoms with E-state index in [0.717, 1.165) is 48.4 Å². The van der Waals surface area contributed by atoms with Gasteiger partial charge in [0.15, 0.2) is 5.84 Å². The number of nitrogens with two attached hydrogens (primary N) is 2. The Balaban J connectivity index is 0.000000606. The standard InChI is InChI=1S/C34H37F3N6O4S.C8H10O/c1-46-27-11-3-22(4-12-27)21-43(39)41-33(38)31-29(25-7-5-23(6-8-25)24-17-19-40-20-18-24)15-16-30(34(35,36)37)32(31)48(44,45)42-26-9-13-28(47-2)14-10-26;1-7-3-5-8(9-2)6-4-7/h3-16,24,40,42H,17-21,39H2,1-2H3,(H2,38,41);3-6H,1-2H3. The fourth-order valence-corrected chi connectivity index (χ4v) is 7.86. The lowest BCUT2D eigenvalue weighted by Crippen LogP contribution is -2.31. The molecular weight excluding hydrogens is 758 g/mol. The molecule has 1 saturated heterocycles. The Kier molecular flexibility index (Phi) is 14.1. The number of nitrogens with zero attached hydrogens (tertiary/aromatic N) is 2. The van der Waals surface area contributed by atoms with Crippen LogP contribution in [0.5, 0.6) is 17.2 Å². The third-order valence-electron chi connectivity index (χ3n) is 9.36. The highest BCUT2D eigenvalue weighted by Gasteiger charge is 2.41. The molecule has 1 heterocycles. The summed E-state index contributed by atoms with van der Waals surface area (Å²) >= 11 is 0. The van der Waals surface area contributed by atoms with E-state index in [-0.39, 0.29) is 17.8 Å². The number of hydrazine groups is 1. The molecule has 57 heavy (non-hydrogen) atoms. The molecule has 0 bridgehead atoms. The van der Waals surface area contributed by atoms with Gasteiger partial charge in [0.25, 0.3) is 10.0 Å². The first-order chi connectivity index (χ1) is 27.2. The van der Waals surface area contributed by atoms with E-state index < -0.39 is 38.1 Å². The van der Waals surface area contributed by atoms with Crippen LogP contribution in [0.15, 0.2) is 119 Å². The maximum absolute atomic E-state index is 14.6. The molecule has 0 aliphatic carbocycles. The number of hydrazone groups is 1. The minimum Gasteiger partial charge on any atom is -0.497 e. The molecule has 1 fully saturated rings. The number of nitrogens with one attached hydrogen (secondary N) is 2. The predicted molar refractivity (Wildman–Crippen MR) is 217 cm³/mol. The molecule has 302 valence electrons. The van der Waals surface area contributed by atoms with E-state index in [2.05, 4.69) is 22.1 Å². The van der Waals surface area contributed by atoms with E-state index in [1.54, 1.807) is 43.5 Å². The summed E-state index contributed by atoms with van der Waals surface area (Å²) in [5.74, 6) is 7.94. The van der Waals surface area contributed by atoms with E-state index in [9.17, 15) is 21.6 Å². The molecular formula is C42H47F3N6O5S. The van der Waals surface area contributed by atoms with Gasteiger partial charge in [-0.25, -0.2) is 19.4 Å². The number of hydrogen-bond acceptors (Lipinski definition) is 9. The van der Waals surface area contributed by atoms with Gasteiger partial charge in [-0.2, -0.15) is 13.2 Å². The quantitative estimate of drug-likeness (QED) is 0.0431. The Morgan fingerprint density at radius 1 is 0.807 bits per heavy atom. The Morgan fingerprint density at radius 3 is 1.86 bits per heavy atom. The van der Waals surface area contributed by atoms with Crippen LogP contribution in [0.2, 0.25) is 0 Å². The zero-order chi connectivity index (χ0) is 41.2. The van der Waals surface area contributed by atoms with E-state index >= 15 is 0 Å². The molecule has 0 amide bonds. The largest absolute Gasteiger partial charge is 0.497 e. The van der Waals surface area contributed by atoms with Gasteiger partial charge in [-0.05, 0) is 116 Å². The van der Waals surface area contributed by atoms with Gasteiger partial charge in [-0.15, -0.1) is 5.10 Å². The number of rotatable bonds is 12. The number of amidine groups is 1. The number of methoxy groups -OCH3 is 3. The number of alkyl halides is 3. The number of benzene rings is 5. The van der Waals surface area contributed by atoms with Gasteiger partial charge >= 0.3 is 6.18 Å². The van der Waals surface area contributed by atoms with Crippen molar-refractivity contribution < 1.29 is 35.8 Å². The van der Waals surface area contributed by atoms with Crippen molar-refractivity contribution in [2.75, 3.05) is 39.1 Å². The lowest BCUT2D eigenvalue weighted by Gasteiger charge is -2.24. The van der Waals surface area contributed by atoms with Crippen molar-refractivity contribution in [3.63, 3.8) is 0 Å². The number of sulfonamides is 1. The molecule has 5 aromatic carbocycles. The molecule has 6 rings (SSSR count). The van der Waals surface area contributed by atoms with E-state index in [1.807, 2.05) is 36.4 Å². The Labute approximate surface area is 331 Å². The van der Waals surface area contributed by atoms with Crippen molar-refractivity contribution in [3.05, 3.63) is 137 Å². The van der Waals surface area contributed by atoms with Crippen LogP contribution < -0.4 is 35.8 Å². The molecule has 0 saturated carbocycles. The predicted octanol–water partition coefficient (Wildman–Crippen LogP) is 7.66. The summed E-state index contributed by atoms with van der Waals surface area (Å²) in [5.41, 5.74) is 8.23. The highest BCUT2D eigenvalue weighted by molar-refractivity contribution is 7.92. The van der Waals surface area contributed by atoms with E-state index in [4.69, 9.17) is 25.8 Å². The molecule has 15 heteroatoms. The van der Waals surface area contributed by atoms with Gasteiger partial charge < -0.3 is 25.3 Å². The van der Waals surface area contributed by atoms with Gasteiger partial charge in [-0.3, -0.25) is 4.72 Å². The summed E-state index contributed by atoms with van der Waals surface area (Å²) in [6.45, 7) is 3.84. The Bertz CT molecular complexity index is 2210. The summed E-state index contributed by atoms with van der Waals surface area (Å²) in [5, 5.41) is 8.45. The summed E-state index contributed by atoms with van der Waals surface area (Å²) in [6, 6.07) is 29.8. The zero-order valence-electron chi connectivity index (χ0n) is 32.1. The highest BCUT2D eigenvalue weighted by Crippen LogP contribution is 2.41. The average molecular weight is 805 g/mol. The first kappa shape index (κ1) is 42.4. The maximum Gasteiger partial charge on any atom is 0.417 e. The second kappa shape index (κ2) is 18.9. The molecule has 1 aliphatic rings. The number of ether oxygens (including phenoxy) is 3. The fourth-order valence-electron chi connectivity index (χ4n) is 6.35. The molecule has 5 aromatic rings. The van der Waals surface area contributed by atoms with Crippen molar-refractivity contribution >= 4 is 21.5 Å². The van der Waals surface area contributed by atoms with Gasteiger partial charge in [0.05, 0.1) is 33.4 Å². The first-order valence-corrected chi connectivity index (χ1v) is 19.5. The van der Waals surface area contributed by atoms with Crippen molar-refractivity contribution in [2.45, 2.75) is 43.3 Å². The van der Waals surface area contributed by atoms with Crippen LogP contribution in [0.25, 0.3) is 11.1 Å². The van der Waals surface area contributed by atoms with Crippen LogP contribution in [-0.2, 0) is 22.7 Å². The summed E-state index contributed by atoms with van der Waals surface area (Å²) in [6.07, 6.45) is -3.17. The molecule has 0 unspecified atom stereocenters. The normalized spacial score (nSPS) is 13.6. The van der Waals surface area contributed by atoms with Gasteiger partial charge in [0.2, 0.25) is 0 Å². The van der Waals surface area contributed by atoms with Crippen molar-refractivity contribution in [2.24, 2.45) is 16.7 Å².